The van der Waals surface area contributed by atoms with Crippen LogP contribution in [-0.4, -0.2) is 43.2 Å². The highest BCUT2D eigenvalue weighted by Crippen LogP contribution is 2.13. The summed E-state index contributed by atoms with van der Waals surface area (Å²) in [5.41, 5.74) is 1.18. The van der Waals surface area contributed by atoms with Gasteiger partial charge in [0.2, 0.25) is 0 Å². The van der Waals surface area contributed by atoms with Crippen LogP contribution in [0.2, 0.25) is 0 Å². The lowest BCUT2D eigenvalue weighted by Crippen LogP contribution is -2.30. The van der Waals surface area contributed by atoms with Crippen LogP contribution in [-0.2, 0) is 17.8 Å². The van der Waals surface area contributed by atoms with Gasteiger partial charge in [-0.1, -0.05) is 27.7 Å². The molecular formula is C16H31N3OS. The van der Waals surface area contributed by atoms with E-state index in [0.717, 1.165) is 39.3 Å². The predicted molar refractivity (Wildman–Crippen MR) is 90.6 cm³/mol. The van der Waals surface area contributed by atoms with Gasteiger partial charge in [-0.3, -0.25) is 4.90 Å². The van der Waals surface area contributed by atoms with E-state index in [2.05, 4.69) is 43.3 Å². The van der Waals surface area contributed by atoms with Gasteiger partial charge in [-0.15, -0.1) is 11.3 Å². The molecule has 4 nitrogen and oxygen atoms in total. The lowest BCUT2D eigenvalue weighted by molar-refractivity contribution is 0.135. The van der Waals surface area contributed by atoms with Gasteiger partial charge in [0, 0.05) is 38.7 Å². The van der Waals surface area contributed by atoms with E-state index >= 15 is 0 Å². The summed E-state index contributed by atoms with van der Waals surface area (Å²) >= 11 is 1.75. The minimum Gasteiger partial charge on any atom is -0.383 e. The van der Waals surface area contributed by atoms with Crippen LogP contribution in [0.4, 0.5) is 0 Å². The highest BCUT2D eigenvalue weighted by molar-refractivity contribution is 7.09. The monoisotopic (exact) mass is 313 g/mol. The smallest absolute Gasteiger partial charge is 0.107 e. The van der Waals surface area contributed by atoms with Crippen molar-refractivity contribution in [2.45, 2.75) is 40.8 Å². The Hall–Kier alpha value is -0.490. The Bertz CT molecular complexity index is 379. The van der Waals surface area contributed by atoms with Gasteiger partial charge in [-0.25, -0.2) is 4.98 Å². The summed E-state index contributed by atoms with van der Waals surface area (Å²) in [4.78, 5) is 7.16. The molecule has 0 spiro atoms. The number of nitrogens with zero attached hydrogens (tertiary/aromatic N) is 2. The number of aromatic nitrogens is 1. The van der Waals surface area contributed by atoms with Gasteiger partial charge in [0.1, 0.15) is 5.01 Å². The van der Waals surface area contributed by atoms with Crippen LogP contribution in [0.1, 0.15) is 38.4 Å². The Morgan fingerprint density at radius 3 is 2.67 bits per heavy atom. The summed E-state index contributed by atoms with van der Waals surface area (Å²) in [6.45, 7) is 14.6. The number of rotatable bonds is 11. The zero-order chi connectivity index (χ0) is 15.7. The zero-order valence-corrected chi connectivity index (χ0v) is 15.0. The van der Waals surface area contributed by atoms with Crippen molar-refractivity contribution in [2.24, 2.45) is 11.8 Å². The second kappa shape index (κ2) is 10.3. The minimum absolute atomic E-state index is 0.660. The highest BCUT2D eigenvalue weighted by Gasteiger charge is 2.10. The number of methoxy groups -OCH3 is 1. The Balaban J connectivity index is 2.45. The van der Waals surface area contributed by atoms with Crippen molar-refractivity contribution in [1.29, 1.82) is 0 Å². The van der Waals surface area contributed by atoms with Gasteiger partial charge < -0.3 is 10.1 Å². The molecule has 1 rings (SSSR count). The first-order chi connectivity index (χ1) is 10.0. The molecule has 0 radical (unpaired) electrons. The molecular weight excluding hydrogens is 282 g/mol. The molecule has 0 saturated carbocycles. The molecule has 0 bridgehead atoms. The number of hydrogen-bond donors (Lipinski definition) is 1. The van der Waals surface area contributed by atoms with E-state index in [1.165, 1.54) is 10.7 Å². The third-order valence-corrected chi connectivity index (χ3v) is 3.95. The van der Waals surface area contributed by atoms with Crippen LogP contribution in [0.5, 0.6) is 0 Å². The van der Waals surface area contributed by atoms with Gasteiger partial charge in [0.15, 0.2) is 0 Å². The fourth-order valence-electron chi connectivity index (χ4n) is 2.17. The molecule has 0 saturated heterocycles. The first-order valence-electron chi connectivity index (χ1n) is 7.86. The van der Waals surface area contributed by atoms with Gasteiger partial charge in [-0.2, -0.15) is 0 Å². The van der Waals surface area contributed by atoms with E-state index in [1.807, 2.05) is 0 Å². The summed E-state index contributed by atoms with van der Waals surface area (Å²) in [7, 11) is 1.76. The molecule has 21 heavy (non-hydrogen) atoms. The first kappa shape index (κ1) is 18.6. The van der Waals surface area contributed by atoms with Crippen molar-refractivity contribution in [2.75, 3.05) is 33.4 Å². The SMILES string of the molecule is COCCN(Cc1csc(CNCC(C)C)n1)CC(C)C. The minimum atomic E-state index is 0.660. The lowest BCUT2D eigenvalue weighted by atomic mass is 10.2. The molecule has 5 heteroatoms. The quantitative estimate of drug-likeness (QED) is 0.681. The van der Waals surface area contributed by atoms with Gasteiger partial charge in [0.25, 0.3) is 0 Å². The molecule has 1 heterocycles. The number of hydrogen-bond acceptors (Lipinski definition) is 5. The average molecular weight is 314 g/mol. The molecule has 0 aliphatic heterocycles. The molecule has 1 aromatic rings. The maximum atomic E-state index is 5.20. The lowest BCUT2D eigenvalue weighted by Gasteiger charge is -2.22. The predicted octanol–water partition coefficient (Wildman–Crippen LogP) is 2.99. The summed E-state index contributed by atoms with van der Waals surface area (Å²) in [6, 6.07) is 0. The third-order valence-electron chi connectivity index (χ3n) is 3.05. The van der Waals surface area contributed by atoms with Crippen LogP contribution in [0.3, 0.4) is 0 Å². The van der Waals surface area contributed by atoms with E-state index in [1.54, 1.807) is 18.4 Å². The largest absolute Gasteiger partial charge is 0.383 e. The maximum Gasteiger partial charge on any atom is 0.107 e. The normalized spacial score (nSPS) is 12.0. The first-order valence-corrected chi connectivity index (χ1v) is 8.74. The number of ether oxygens (including phenoxy) is 1. The Morgan fingerprint density at radius 1 is 1.29 bits per heavy atom. The number of nitrogens with one attached hydrogen (secondary N) is 1. The van der Waals surface area contributed by atoms with Crippen molar-refractivity contribution in [3.63, 3.8) is 0 Å². The van der Waals surface area contributed by atoms with Crippen molar-refractivity contribution in [3.05, 3.63) is 16.1 Å². The molecule has 0 unspecified atom stereocenters. The summed E-state index contributed by atoms with van der Waals surface area (Å²) < 4.78 is 5.20. The van der Waals surface area contributed by atoms with Crippen molar-refractivity contribution < 1.29 is 4.74 Å². The van der Waals surface area contributed by atoms with E-state index < -0.39 is 0 Å². The van der Waals surface area contributed by atoms with Gasteiger partial charge in [0.05, 0.1) is 12.3 Å². The molecule has 0 aliphatic carbocycles. The fourth-order valence-corrected chi connectivity index (χ4v) is 2.93. The number of thiazole rings is 1. The maximum absolute atomic E-state index is 5.20. The molecule has 0 aliphatic rings. The summed E-state index contributed by atoms with van der Waals surface area (Å²) in [6.07, 6.45) is 0. The molecule has 0 fully saturated rings. The average Bonchev–Trinajstić information content (AvgIpc) is 2.82. The molecule has 0 aromatic carbocycles. The summed E-state index contributed by atoms with van der Waals surface area (Å²) in [5.74, 6) is 1.34. The fraction of sp³-hybridized carbons (Fsp3) is 0.812. The standard InChI is InChI=1S/C16H31N3OS/c1-13(2)8-17-9-16-18-15(12-21-16)11-19(6-7-20-5)10-14(3)4/h12-14,17H,6-11H2,1-5H3. The molecule has 0 atom stereocenters. The Kier molecular flexibility index (Phi) is 9.08. The third kappa shape index (κ3) is 8.51. The van der Waals surface area contributed by atoms with E-state index in [4.69, 9.17) is 9.72 Å². The van der Waals surface area contributed by atoms with Crippen LogP contribution >= 0.6 is 11.3 Å². The second-order valence-corrected chi connectivity index (χ2v) is 7.32. The summed E-state index contributed by atoms with van der Waals surface area (Å²) in [5, 5.41) is 6.82. The Morgan fingerprint density at radius 2 is 2.05 bits per heavy atom. The van der Waals surface area contributed by atoms with Gasteiger partial charge >= 0.3 is 0 Å². The van der Waals surface area contributed by atoms with Gasteiger partial charge in [-0.05, 0) is 18.4 Å². The molecule has 1 aromatic heterocycles. The van der Waals surface area contributed by atoms with Crippen LogP contribution in [0.15, 0.2) is 5.38 Å². The zero-order valence-electron chi connectivity index (χ0n) is 14.2. The highest BCUT2D eigenvalue weighted by atomic mass is 32.1. The Labute approximate surface area is 133 Å². The van der Waals surface area contributed by atoms with Crippen LogP contribution in [0.25, 0.3) is 0 Å². The van der Waals surface area contributed by atoms with E-state index in [0.29, 0.717) is 11.8 Å². The molecule has 1 N–H and O–H groups in total. The van der Waals surface area contributed by atoms with Crippen molar-refractivity contribution >= 4 is 11.3 Å². The molecule has 0 amide bonds. The van der Waals surface area contributed by atoms with E-state index in [-0.39, 0.29) is 0 Å². The van der Waals surface area contributed by atoms with Crippen molar-refractivity contribution in [3.8, 4) is 0 Å². The second-order valence-electron chi connectivity index (χ2n) is 6.38. The topological polar surface area (TPSA) is 37.4 Å². The van der Waals surface area contributed by atoms with E-state index in [9.17, 15) is 0 Å². The van der Waals surface area contributed by atoms with Crippen LogP contribution in [0, 0.1) is 11.8 Å². The van der Waals surface area contributed by atoms with Crippen LogP contribution < -0.4 is 5.32 Å². The molecule has 122 valence electrons. The van der Waals surface area contributed by atoms with Crippen molar-refractivity contribution in [1.82, 2.24) is 15.2 Å².